The van der Waals surface area contributed by atoms with Crippen LogP contribution in [0.1, 0.15) is 32.9 Å². The average molecular weight is 354 g/mol. The van der Waals surface area contributed by atoms with Gasteiger partial charge < -0.3 is 9.47 Å². The van der Waals surface area contributed by atoms with Crippen LogP contribution in [0.2, 0.25) is 0 Å². The number of pyridine rings is 2. The van der Waals surface area contributed by atoms with E-state index in [1.807, 2.05) is 32.2 Å². The van der Waals surface area contributed by atoms with Crippen LogP contribution < -0.4 is 5.56 Å². The molecule has 1 aliphatic rings. The van der Waals surface area contributed by atoms with Gasteiger partial charge in [0.25, 0.3) is 11.5 Å². The summed E-state index contributed by atoms with van der Waals surface area (Å²) in [4.78, 5) is 34.0. The molecule has 6 heteroatoms. The fraction of sp³-hybridized carbons (Fsp3) is 0.450. The van der Waals surface area contributed by atoms with Crippen LogP contribution in [0.5, 0.6) is 0 Å². The van der Waals surface area contributed by atoms with Crippen molar-refractivity contribution in [3.8, 4) is 0 Å². The predicted molar refractivity (Wildman–Crippen MR) is 101 cm³/mol. The number of hydrogen-bond donors (Lipinski definition) is 0. The Morgan fingerprint density at radius 3 is 2.46 bits per heavy atom. The van der Waals surface area contributed by atoms with Crippen LogP contribution >= 0.6 is 0 Å². The summed E-state index contributed by atoms with van der Waals surface area (Å²) >= 11 is 0. The van der Waals surface area contributed by atoms with Gasteiger partial charge in [0.05, 0.1) is 5.69 Å². The van der Waals surface area contributed by atoms with E-state index in [0.717, 1.165) is 36.6 Å². The zero-order valence-corrected chi connectivity index (χ0v) is 16.0. The third-order valence-corrected chi connectivity index (χ3v) is 5.23. The molecule has 0 unspecified atom stereocenters. The number of rotatable bonds is 3. The minimum Gasteiger partial charge on any atom is -0.336 e. The van der Waals surface area contributed by atoms with E-state index >= 15 is 0 Å². The fourth-order valence-electron chi connectivity index (χ4n) is 3.40. The van der Waals surface area contributed by atoms with Gasteiger partial charge >= 0.3 is 0 Å². The Balaban J connectivity index is 1.69. The van der Waals surface area contributed by atoms with E-state index in [0.29, 0.717) is 18.7 Å². The molecule has 26 heavy (non-hydrogen) atoms. The molecule has 0 atom stereocenters. The van der Waals surface area contributed by atoms with Crippen molar-refractivity contribution in [1.29, 1.82) is 0 Å². The summed E-state index contributed by atoms with van der Waals surface area (Å²) in [6, 6.07) is 5.91. The smallest absolute Gasteiger partial charge is 0.263 e. The Labute approximate surface area is 154 Å². The lowest BCUT2D eigenvalue weighted by Gasteiger charge is -2.35. The van der Waals surface area contributed by atoms with Gasteiger partial charge in [0.2, 0.25) is 0 Å². The second-order valence-electron chi connectivity index (χ2n) is 7.04. The summed E-state index contributed by atoms with van der Waals surface area (Å²) in [5.74, 6) is -0.156. The van der Waals surface area contributed by atoms with Crippen molar-refractivity contribution in [2.24, 2.45) is 7.05 Å². The van der Waals surface area contributed by atoms with E-state index < -0.39 is 0 Å². The highest BCUT2D eigenvalue weighted by Gasteiger charge is 2.26. The van der Waals surface area contributed by atoms with Gasteiger partial charge in [-0.15, -0.1) is 0 Å². The van der Waals surface area contributed by atoms with Crippen LogP contribution in [0, 0.1) is 20.8 Å². The number of aromatic nitrogens is 2. The Hall–Kier alpha value is -2.47. The van der Waals surface area contributed by atoms with E-state index in [4.69, 9.17) is 0 Å². The summed E-state index contributed by atoms with van der Waals surface area (Å²) in [5, 5.41) is 0. The second-order valence-corrected chi connectivity index (χ2v) is 7.04. The zero-order valence-electron chi connectivity index (χ0n) is 16.0. The number of aryl methyl sites for hydroxylation is 3. The highest BCUT2D eigenvalue weighted by Crippen LogP contribution is 2.13. The van der Waals surface area contributed by atoms with Crippen LogP contribution in [-0.4, -0.2) is 51.4 Å². The van der Waals surface area contributed by atoms with Crippen LogP contribution in [0.4, 0.5) is 0 Å². The number of carbonyl (C=O) groups excluding carboxylic acids is 1. The zero-order chi connectivity index (χ0) is 18.8. The number of nitrogens with zero attached hydrogens (tertiary/aromatic N) is 4. The lowest BCUT2D eigenvalue weighted by atomic mass is 10.1. The van der Waals surface area contributed by atoms with Crippen molar-refractivity contribution < 1.29 is 4.79 Å². The van der Waals surface area contributed by atoms with Crippen molar-refractivity contribution in [3.63, 3.8) is 0 Å². The molecule has 0 aromatic carbocycles. The highest BCUT2D eigenvalue weighted by atomic mass is 16.2. The molecule has 1 fully saturated rings. The van der Waals surface area contributed by atoms with Crippen LogP contribution in [0.15, 0.2) is 29.2 Å². The van der Waals surface area contributed by atoms with Gasteiger partial charge in [-0.1, -0.05) is 6.07 Å². The summed E-state index contributed by atoms with van der Waals surface area (Å²) in [5.41, 5.74) is 3.97. The molecule has 0 aliphatic carbocycles. The van der Waals surface area contributed by atoms with E-state index in [1.165, 1.54) is 5.56 Å². The quantitative estimate of drug-likeness (QED) is 0.841. The average Bonchev–Trinajstić information content (AvgIpc) is 2.62. The van der Waals surface area contributed by atoms with Crippen molar-refractivity contribution >= 4 is 5.91 Å². The molecule has 3 heterocycles. The molecule has 0 radical (unpaired) electrons. The van der Waals surface area contributed by atoms with E-state index in [9.17, 15) is 9.59 Å². The molecule has 2 aromatic heterocycles. The van der Waals surface area contributed by atoms with E-state index in [-0.39, 0.29) is 11.5 Å². The SMILES string of the molecule is Cc1cccnc1CN1CCN(C(=O)c2c(C)cc(C)n(C)c2=O)CC1. The molecule has 0 spiro atoms. The predicted octanol–water partition coefficient (Wildman–Crippen LogP) is 1.66. The number of amides is 1. The lowest BCUT2D eigenvalue weighted by molar-refractivity contribution is 0.0623. The van der Waals surface area contributed by atoms with Crippen molar-refractivity contribution in [3.05, 3.63) is 62.8 Å². The molecule has 2 aromatic rings. The summed E-state index contributed by atoms with van der Waals surface area (Å²) in [7, 11) is 1.71. The maximum Gasteiger partial charge on any atom is 0.263 e. The van der Waals surface area contributed by atoms with Gasteiger partial charge in [0.1, 0.15) is 5.56 Å². The topological polar surface area (TPSA) is 58.4 Å². The molecule has 1 aliphatic heterocycles. The first-order chi connectivity index (χ1) is 12.4. The maximum absolute atomic E-state index is 12.9. The number of carbonyl (C=O) groups is 1. The fourth-order valence-corrected chi connectivity index (χ4v) is 3.40. The Bertz CT molecular complexity index is 880. The van der Waals surface area contributed by atoms with Gasteiger partial charge in [0.15, 0.2) is 0 Å². The van der Waals surface area contributed by atoms with Crippen molar-refractivity contribution in [1.82, 2.24) is 19.4 Å². The Morgan fingerprint density at radius 1 is 1.12 bits per heavy atom. The Morgan fingerprint density at radius 2 is 1.81 bits per heavy atom. The normalized spacial score (nSPS) is 15.3. The minimum absolute atomic E-state index is 0.156. The molecule has 138 valence electrons. The number of piperazine rings is 1. The van der Waals surface area contributed by atoms with Crippen LogP contribution in [0.3, 0.4) is 0 Å². The molecule has 3 rings (SSSR count). The molecular weight excluding hydrogens is 328 g/mol. The molecule has 0 N–H and O–H groups in total. The molecule has 6 nitrogen and oxygen atoms in total. The van der Waals surface area contributed by atoms with Crippen LogP contribution in [-0.2, 0) is 13.6 Å². The summed E-state index contributed by atoms with van der Waals surface area (Å²) < 4.78 is 1.54. The first-order valence-electron chi connectivity index (χ1n) is 8.98. The van der Waals surface area contributed by atoms with E-state index in [1.54, 1.807) is 16.5 Å². The van der Waals surface area contributed by atoms with E-state index in [2.05, 4.69) is 22.9 Å². The largest absolute Gasteiger partial charge is 0.336 e. The third kappa shape index (κ3) is 3.55. The van der Waals surface area contributed by atoms with Gasteiger partial charge in [-0.3, -0.25) is 19.5 Å². The molecule has 0 saturated carbocycles. The molecule has 0 bridgehead atoms. The molecule has 1 amide bonds. The minimum atomic E-state index is -0.209. The molecule has 1 saturated heterocycles. The van der Waals surface area contributed by atoms with Gasteiger partial charge in [-0.05, 0) is 44.0 Å². The van der Waals surface area contributed by atoms with Crippen molar-refractivity contribution in [2.45, 2.75) is 27.3 Å². The summed E-state index contributed by atoms with van der Waals surface area (Å²) in [6.45, 7) is 9.39. The summed E-state index contributed by atoms with van der Waals surface area (Å²) in [6.07, 6.45) is 1.82. The second kappa shape index (κ2) is 7.41. The van der Waals surface area contributed by atoms with Gasteiger partial charge in [-0.2, -0.15) is 0 Å². The molecular formula is C20H26N4O2. The maximum atomic E-state index is 12.9. The lowest BCUT2D eigenvalue weighted by Crippen LogP contribution is -2.49. The standard InChI is InChI=1S/C20H26N4O2/c1-14-6-5-7-21-17(14)13-23-8-10-24(11-9-23)20(26)18-15(2)12-16(3)22(4)19(18)25/h5-7,12H,8-11,13H2,1-4H3. The third-order valence-electron chi connectivity index (χ3n) is 5.23. The highest BCUT2D eigenvalue weighted by molar-refractivity contribution is 5.95. The Kier molecular flexibility index (Phi) is 5.23. The van der Waals surface area contributed by atoms with Gasteiger partial charge in [-0.25, -0.2) is 0 Å². The number of hydrogen-bond acceptors (Lipinski definition) is 4. The van der Waals surface area contributed by atoms with Crippen molar-refractivity contribution in [2.75, 3.05) is 26.2 Å². The first-order valence-corrected chi connectivity index (χ1v) is 8.98. The van der Waals surface area contributed by atoms with Gasteiger partial charge in [0, 0.05) is 51.7 Å². The van der Waals surface area contributed by atoms with Crippen LogP contribution in [0.25, 0.3) is 0 Å². The monoisotopic (exact) mass is 354 g/mol. The first kappa shape index (κ1) is 18.3.